The van der Waals surface area contributed by atoms with Crippen LogP contribution < -0.4 is 21.3 Å². The van der Waals surface area contributed by atoms with Crippen molar-refractivity contribution in [3.63, 3.8) is 0 Å². The van der Waals surface area contributed by atoms with E-state index >= 15 is 0 Å². The fraction of sp³-hybridized carbons (Fsp3) is 0.327. The van der Waals surface area contributed by atoms with Gasteiger partial charge in [-0.3, -0.25) is 0 Å². The van der Waals surface area contributed by atoms with E-state index in [1.165, 1.54) is 44.5 Å². The second kappa shape index (κ2) is 18.4. The largest absolute Gasteiger partial charge is 0.442 e. The Balaban J connectivity index is 1.34. The second-order valence-electron chi connectivity index (χ2n) is 17.4. The lowest BCUT2D eigenvalue weighted by molar-refractivity contribution is 0.0298. The molecular weight excluding hydrogens is 1030 g/mol. The maximum absolute atomic E-state index is 14.9. The van der Waals surface area contributed by atoms with Crippen LogP contribution in [-0.4, -0.2) is 58.3 Å². The molecule has 0 spiro atoms. The maximum Gasteiger partial charge on any atom is 0.341 e. The van der Waals surface area contributed by atoms with Crippen molar-refractivity contribution < 1.29 is 9.53 Å². The number of ether oxygens (including phenoxy) is 1. The minimum atomic E-state index is -1.37. The number of carbonyl (C=O) groups excluding carboxylic acids is 1. The van der Waals surface area contributed by atoms with Crippen molar-refractivity contribution in [3.05, 3.63) is 183 Å². The Morgan fingerprint density at radius 3 is 1.13 bits per heavy atom. The molecule has 10 rings (SSSR count). The Labute approximate surface area is 398 Å². The molecule has 5 aliphatic rings. The molecule has 4 N–H and O–H groups in total. The van der Waals surface area contributed by atoms with E-state index in [0.29, 0.717) is 33.7 Å². The predicted octanol–water partition coefficient (Wildman–Crippen LogP) is 11.7. The van der Waals surface area contributed by atoms with Gasteiger partial charge in [0, 0.05) is 49.6 Å². The first-order valence-corrected chi connectivity index (χ1v) is 25.3. The molecule has 318 valence electrons. The highest BCUT2D eigenvalue weighted by molar-refractivity contribution is 9.15. The molecule has 0 radical (unpaired) electrons. The number of benzene rings is 5. The standard InChI is InChI=1S/C52H50Br4N4O2/c53-47-45-46(48(54)50(56)49(47)55)52(62-51(45)61,25-43(39-13-5-1-9-35(39)31-17-21-57-27-31)40-14-6-2-10-36(40)32-18-22-58-28-32)26-44(41-15-7-3-11-37(41)33-19-23-59-29-33)42-16-8-4-12-38(42)34-20-24-60-30-34/h1-16,25-26,31-34,57-60H,17-24,27-30H2. The predicted molar refractivity (Wildman–Crippen MR) is 265 cm³/mol. The molecule has 5 heterocycles. The fourth-order valence-electron chi connectivity index (χ4n) is 10.8. The van der Waals surface area contributed by atoms with Gasteiger partial charge in [0.1, 0.15) is 0 Å². The van der Waals surface area contributed by atoms with Crippen LogP contribution in [0.4, 0.5) is 0 Å². The number of rotatable bonds is 10. The number of carbonyl (C=O) groups is 1. The Morgan fingerprint density at radius 2 is 0.806 bits per heavy atom. The van der Waals surface area contributed by atoms with Gasteiger partial charge < -0.3 is 26.0 Å². The molecule has 0 aliphatic carbocycles. The van der Waals surface area contributed by atoms with Crippen LogP contribution in [0.1, 0.15) is 110 Å². The third kappa shape index (κ3) is 7.88. The summed E-state index contributed by atoms with van der Waals surface area (Å²) in [6, 6.07) is 35.7. The third-order valence-corrected chi connectivity index (χ3v) is 18.6. The summed E-state index contributed by atoms with van der Waals surface area (Å²) in [6.45, 7) is 7.63. The van der Waals surface area contributed by atoms with Crippen LogP contribution in [0.5, 0.6) is 0 Å². The molecule has 6 nitrogen and oxygen atoms in total. The number of fused-ring (bicyclic) bond motifs is 1. The van der Waals surface area contributed by atoms with E-state index in [2.05, 4.69) is 194 Å². The number of esters is 1. The van der Waals surface area contributed by atoms with Gasteiger partial charge >= 0.3 is 5.97 Å². The third-order valence-electron chi connectivity index (χ3n) is 13.8. The molecule has 5 aromatic carbocycles. The van der Waals surface area contributed by atoms with E-state index < -0.39 is 5.60 Å². The Kier molecular flexibility index (Phi) is 12.7. The second-order valence-corrected chi connectivity index (χ2v) is 20.6. The molecular formula is C52H50Br4N4O2. The number of nitrogens with one attached hydrogen (secondary N) is 4. The van der Waals surface area contributed by atoms with Crippen LogP contribution >= 0.6 is 63.7 Å². The van der Waals surface area contributed by atoms with E-state index in [1.807, 2.05) is 0 Å². The lowest BCUT2D eigenvalue weighted by Gasteiger charge is -2.30. The first kappa shape index (κ1) is 42.7. The summed E-state index contributed by atoms with van der Waals surface area (Å²) in [5.74, 6) is 1.01. The number of hydrogen-bond acceptors (Lipinski definition) is 6. The Bertz CT molecular complexity index is 2330. The summed E-state index contributed by atoms with van der Waals surface area (Å²) in [6.07, 6.45) is 8.84. The molecule has 0 saturated carbocycles. The average molecular weight is 1080 g/mol. The maximum atomic E-state index is 14.9. The normalized spacial score (nSPS) is 24.3. The molecule has 4 saturated heterocycles. The van der Waals surface area contributed by atoms with E-state index in [9.17, 15) is 4.79 Å². The SMILES string of the molecule is O=C1OC(C=C(c2ccccc2C2CCNC2)c2ccccc2C2CCNC2)(C=C(c2ccccc2C2CCNC2)c2ccccc2C2CCNC2)c2c(Br)c(Br)c(Br)c(Br)c21. The minimum absolute atomic E-state index is 0.347. The van der Waals surface area contributed by atoms with Crippen molar-refractivity contribution >= 4 is 80.8 Å². The number of halogens is 4. The van der Waals surface area contributed by atoms with Gasteiger partial charge in [0.15, 0.2) is 5.60 Å². The summed E-state index contributed by atoms with van der Waals surface area (Å²) in [7, 11) is 0. The lowest BCUT2D eigenvalue weighted by atomic mass is 9.77. The summed E-state index contributed by atoms with van der Waals surface area (Å²) < 4.78 is 10.1. The van der Waals surface area contributed by atoms with E-state index in [-0.39, 0.29) is 5.97 Å². The molecule has 5 aromatic rings. The molecule has 4 unspecified atom stereocenters. The minimum Gasteiger partial charge on any atom is -0.442 e. The first-order valence-electron chi connectivity index (χ1n) is 22.1. The first-order chi connectivity index (χ1) is 30.3. The van der Waals surface area contributed by atoms with Crippen LogP contribution in [0, 0.1) is 0 Å². The van der Waals surface area contributed by atoms with Gasteiger partial charge in [-0.15, -0.1) is 0 Å². The van der Waals surface area contributed by atoms with E-state index in [1.54, 1.807) is 0 Å². The lowest BCUT2D eigenvalue weighted by Crippen LogP contribution is -2.24. The highest BCUT2D eigenvalue weighted by Gasteiger charge is 2.48. The summed E-state index contributed by atoms with van der Waals surface area (Å²) in [5.41, 5.74) is 11.9. The zero-order valence-electron chi connectivity index (χ0n) is 34.5. The molecule has 62 heavy (non-hydrogen) atoms. The van der Waals surface area contributed by atoms with Gasteiger partial charge in [-0.05, 0) is 207 Å². The summed E-state index contributed by atoms with van der Waals surface area (Å²) in [4.78, 5) is 14.9. The summed E-state index contributed by atoms with van der Waals surface area (Å²) >= 11 is 15.7. The number of cyclic esters (lactones) is 1. The fourth-order valence-corrected chi connectivity index (χ4v) is 13.4. The topological polar surface area (TPSA) is 74.4 Å². The van der Waals surface area contributed by atoms with Crippen LogP contribution in [0.2, 0.25) is 0 Å². The van der Waals surface area contributed by atoms with Crippen LogP contribution in [0.15, 0.2) is 127 Å². The van der Waals surface area contributed by atoms with Crippen molar-refractivity contribution in [2.75, 3.05) is 52.4 Å². The van der Waals surface area contributed by atoms with Crippen LogP contribution in [-0.2, 0) is 10.3 Å². The van der Waals surface area contributed by atoms with Gasteiger partial charge in [-0.1, -0.05) is 97.1 Å². The van der Waals surface area contributed by atoms with Gasteiger partial charge in [-0.2, -0.15) is 0 Å². The molecule has 0 amide bonds. The van der Waals surface area contributed by atoms with E-state index in [0.717, 1.165) is 108 Å². The smallest absolute Gasteiger partial charge is 0.341 e. The highest BCUT2D eigenvalue weighted by Crippen LogP contribution is 2.55. The quantitative estimate of drug-likeness (QED) is 0.0634. The molecule has 0 bridgehead atoms. The van der Waals surface area contributed by atoms with E-state index in [4.69, 9.17) is 4.74 Å². The monoisotopic (exact) mass is 1080 g/mol. The Morgan fingerprint density at radius 1 is 0.484 bits per heavy atom. The molecule has 4 atom stereocenters. The van der Waals surface area contributed by atoms with Crippen molar-refractivity contribution in [2.45, 2.75) is 55.0 Å². The number of hydrogen-bond donors (Lipinski definition) is 4. The van der Waals surface area contributed by atoms with Gasteiger partial charge in [0.25, 0.3) is 0 Å². The van der Waals surface area contributed by atoms with Gasteiger partial charge in [0.2, 0.25) is 0 Å². The molecule has 4 fully saturated rings. The van der Waals surface area contributed by atoms with Crippen molar-refractivity contribution in [1.29, 1.82) is 0 Å². The van der Waals surface area contributed by atoms with Crippen LogP contribution in [0.25, 0.3) is 11.1 Å². The van der Waals surface area contributed by atoms with Crippen molar-refractivity contribution in [2.24, 2.45) is 0 Å². The zero-order chi connectivity index (χ0) is 42.4. The van der Waals surface area contributed by atoms with Crippen molar-refractivity contribution in [1.82, 2.24) is 21.3 Å². The molecule has 10 heteroatoms. The highest BCUT2D eigenvalue weighted by atomic mass is 79.9. The zero-order valence-corrected chi connectivity index (χ0v) is 40.9. The van der Waals surface area contributed by atoms with Gasteiger partial charge in [-0.25, -0.2) is 4.79 Å². The average Bonchev–Trinajstić information content (AvgIpc) is 4.17. The van der Waals surface area contributed by atoms with Crippen molar-refractivity contribution in [3.8, 4) is 0 Å². The molecule has 5 aliphatic heterocycles. The van der Waals surface area contributed by atoms with Gasteiger partial charge in [0.05, 0.1) is 5.56 Å². The Hall–Kier alpha value is -3.19. The van der Waals surface area contributed by atoms with Crippen LogP contribution in [0.3, 0.4) is 0 Å². The summed E-state index contributed by atoms with van der Waals surface area (Å²) in [5, 5.41) is 14.6. The molecule has 0 aromatic heterocycles.